The quantitative estimate of drug-likeness (QED) is 0.855. The summed E-state index contributed by atoms with van der Waals surface area (Å²) in [5, 5.41) is 0. The monoisotopic (exact) mass is 270 g/mol. The molecular formula is C14H23ClN2O. The Balaban J connectivity index is 0.00000162. The van der Waals surface area contributed by atoms with Crippen LogP contribution in [0.3, 0.4) is 0 Å². The number of halogens is 1. The maximum absolute atomic E-state index is 5.69. The van der Waals surface area contributed by atoms with Crippen molar-refractivity contribution < 1.29 is 4.74 Å². The van der Waals surface area contributed by atoms with E-state index in [-0.39, 0.29) is 12.4 Å². The Kier molecular flexibility index (Phi) is 6.30. The van der Waals surface area contributed by atoms with Gasteiger partial charge in [-0.15, -0.1) is 12.4 Å². The second-order valence-electron chi connectivity index (χ2n) is 4.94. The molecule has 0 spiro atoms. The highest BCUT2D eigenvalue weighted by Gasteiger charge is 2.14. The molecule has 4 heteroatoms. The minimum atomic E-state index is 0. The van der Waals surface area contributed by atoms with E-state index in [2.05, 4.69) is 11.8 Å². The van der Waals surface area contributed by atoms with Crippen LogP contribution in [0, 0.1) is 5.92 Å². The average Bonchev–Trinajstić information content (AvgIpc) is 2.34. The van der Waals surface area contributed by atoms with Gasteiger partial charge in [0.2, 0.25) is 0 Å². The first-order valence-electron chi connectivity index (χ1n) is 6.45. The third kappa shape index (κ3) is 4.75. The van der Waals surface area contributed by atoms with Crippen molar-refractivity contribution in [3.05, 3.63) is 24.3 Å². The lowest BCUT2D eigenvalue weighted by atomic mass is 9.99. The topological polar surface area (TPSA) is 38.5 Å². The Morgan fingerprint density at radius 1 is 1.22 bits per heavy atom. The summed E-state index contributed by atoms with van der Waals surface area (Å²) in [6.07, 6.45) is 2.64. The number of piperidine rings is 1. The van der Waals surface area contributed by atoms with Crippen LogP contribution in [-0.2, 0) is 0 Å². The summed E-state index contributed by atoms with van der Waals surface area (Å²) in [7, 11) is 0. The van der Waals surface area contributed by atoms with Crippen molar-refractivity contribution in [2.45, 2.75) is 19.8 Å². The summed E-state index contributed by atoms with van der Waals surface area (Å²) in [5.41, 5.74) is 6.40. The van der Waals surface area contributed by atoms with Crippen LogP contribution in [0.2, 0.25) is 0 Å². The molecule has 3 nitrogen and oxygen atoms in total. The van der Waals surface area contributed by atoms with E-state index in [0.717, 1.165) is 30.5 Å². The molecule has 0 unspecified atom stereocenters. The summed E-state index contributed by atoms with van der Waals surface area (Å²) in [4.78, 5) is 2.48. The molecule has 0 radical (unpaired) electrons. The predicted octanol–water partition coefficient (Wildman–Crippen LogP) is 2.80. The molecule has 1 aromatic carbocycles. The summed E-state index contributed by atoms with van der Waals surface area (Å²) in [5.74, 6) is 1.80. The maximum atomic E-state index is 5.69. The Morgan fingerprint density at radius 3 is 2.44 bits per heavy atom. The lowest BCUT2D eigenvalue weighted by Gasteiger charge is -2.29. The molecule has 1 heterocycles. The van der Waals surface area contributed by atoms with Crippen LogP contribution in [0.5, 0.6) is 5.75 Å². The number of hydrogen-bond donors (Lipinski definition) is 1. The number of benzene rings is 1. The molecule has 0 aliphatic carbocycles. The van der Waals surface area contributed by atoms with Gasteiger partial charge < -0.3 is 10.5 Å². The fraction of sp³-hybridized carbons (Fsp3) is 0.571. The standard InChI is InChI=1S/C14H22N2O.ClH/c1-12-6-8-16(9-7-12)10-11-17-14-4-2-13(15)3-5-14;/h2-5,12H,6-11,15H2,1H3;1H. The molecule has 2 N–H and O–H groups in total. The van der Waals surface area contributed by atoms with E-state index in [1.54, 1.807) is 0 Å². The van der Waals surface area contributed by atoms with Crippen molar-refractivity contribution in [1.29, 1.82) is 0 Å². The molecule has 0 bridgehead atoms. The van der Waals surface area contributed by atoms with Crippen LogP contribution in [-0.4, -0.2) is 31.1 Å². The summed E-state index contributed by atoms with van der Waals surface area (Å²) in [6, 6.07) is 7.59. The Bertz CT molecular complexity index is 334. The van der Waals surface area contributed by atoms with E-state index in [0.29, 0.717) is 0 Å². The van der Waals surface area contributed by atoms with Crippen molar-refractivity contribution in [1.82, 2.24) is 4.90 Å². The number of nitrogens with two attached hydrogens (primary N) is 1. The number of likely N-dealkylation sites (tertiary alicyclic amines) is 1. The summed E-state index contributed by atoms with van der Waals surface area (Å²) < 4.78 is 5.69. The Hall–Kier alpha value is -0.930. The second kappa shape index (κ2) is 7.49. The van der Waals surface area contributed by atoms with Crippen molar-refractivity contribution >= 4 is 18.1 Å². The van der Waals surface area contributed by atoms with Crippen LogP contribution in [0.4, 0.5) is 5.69 Å². The lowest BCUT2D eigenvalue weighted by Crippen LogP contribution is -2.35. The summed E-state index contributed by atoms with van der Waals surface area (Å²) in [6.45, 7) is 6.55. The Morgan fingerprint density at radius 2 is 1.83 bits per heavy atom. The van der Waals surface area contributed by atoms with Crippen LogP contribution in [0.1, 0.15) is 19.8 Å². The van der Waals surface area contributed by atoms with Crippen LogP contribution in [0.25, 0.3) is 0 Å². The van der Waals surface area contributed by atoms with Gasteiger partial charge in [0.1, 0.15) is 12.4 Å². The fourth-order valence-electron chi connectivity index (χ4n) is 2.14. The molecule has 0 amide bonds. The highest BCUT2D eigenvalue weighted by molar-refractivity contribution is 5.85. The largest absolute Gasteiger partial charge is 0.492 e. The molecule has 1 saturated heterocycles. The third-order valence-corrected chi connectivity index (χ3v) is 3.43. The summed E-state index contributed by atoms with van der Waals surface area (Å²) >= 11 is 0. The fourth-order valence-corrected chi connectivity index (χ4v) is 2.14. The molecule has 0 aromatic heterocycles. The van der Waals surface area contributed by atoms with Gasteiger partial charge in [-0.2, -0.15) is 0 Å². The molecule has 18 heavy (non-hydrogen) atoms. The molecule has 0 atom stereocenters. The predicted molar refractivity (Wildman–Crippen MR) is 78.4 cm³/mol. The van der Waals surface area contributed by atoms with Gasteiger partial charge in [-0.25, -0.2) is 0 Å². The lowest BCUT2D eigenvalue weighted by molar-refractivity contribution is 0.160. The van der Waals surface area contributed by atoms with Gasteiger partial charge >= 0.3 is 0 Å². The first-order valence-corrected chi connectivity index (χ1v) is 6.45. The SMILES string of the molecule is CC1CCN(CCOc2ccc(N)cc2)CC1.Cl. The molecule has 1 fully saturated rings. The van der Waals surface area contributed by atoms with E-state index in [1.807, 2.05) is 24.3 Å². The first-order chi connectivity index (χ1) is 8.24. The molecule has 102 valence electrons. The smallest absolute Gasteiger partial charge is 0.119 e. The van der Waals surface area contributed by atoms with Crippen molar-refractivity contribution in [3.8, 4) is 5.75 Å². The number of ether oxygens (including phenoxy) is 1. The van der Waals surface area contributed by atoms with E-state index < -0.39 is 0 Å². The number of hydrogen-bond acceptors (Lipinski definition) is 3. The van der Waals surface area contributed by atoms with Crippen molar-refractivity contribution in [2.24, 2.45) is 5.92 Å². The molecule has 2 rings (SSSR count). The van der Waals surface area contributed by atoms with E-state index >= 15 is 0 Å². The van der Waals surface area contributed by atoms with Gasteiger partial charge in [0.15, 0.2) is 0 Å². The molecule has 1 aliphatic rings. The van der Waals surface area contributed by atoms with E-state index in [1.165, 1.54) is 25.9 Å². The van der Waals surface area contributed by atoms with E-state index in [9.17, 15) is 0 Å². The van der Waals surface area contributed by atoms with Gasteiger partial charge in [-0.3, -0.25) is 4.90 Å². The average molecular weight is 271 g/mol. The minimum Gasteiger partial charge on any atom is -0.492 e. The van der Waals surface area contributed by atoms with Crippen molar-refractivity contribution in [2.75, 3.05) is 32.0 Å². The number of nitrogen functional groups attached to an aromatic ring is 1. The third-order valence-electron chi connectivity index (χ3n) is 3.43. The van der Waals surface area contributed by atoms with Gasteiger partial charge in [0, 0.05) is 12.2 Å². The van der Waals surface area contributed by atoms with E-state index in [4.69, 9.17) is 10.5 Å². The zero-order valence-electron chi connectivity index (χ0n) is 11.0. The van der Waals surface area contributed by atoms with Gasteiger partial charge in [0.05, 0.1) is 0 Å². The van der Waals surface area contributed by atoms with Crippen LogP contribution in [0.15, 0.2) is 24.3 Å². The number of nitrogens with zero attached hydrogens (tertiary/aromatic N) is 1. The van der Waals surface area contributed by atoms with Crippen LogP contribution < -0.4 is 10.5 Å². The maximum Gasteiger partial charge on any atom is 0.119 e. The zero-order chi connectivity index (χ0) is 12.1. The normalized spacial score (nSPS) is 17.2. The van der Waals surface area contributed by atoms with Gasteiger partial charge in [-0.1, -0.05) is 6.92 Å². The minimum absolute atomic E-state index is 0. The number of rotatable bonds is 4. The van der Waals surface area contributed by atoms with Crippen LogP contribution >= 0.6 is 12.4 Å². The number of anilines is 1. The molecule has 1 aliphatic heterocycles. The second-order valence-corrected chi connectivity index (χ2v) is 4.94. The van der Waals surface area contributed by atoms with Crippen molar-refractivity contribution in [3.63, 3.8) is 0 Å². The zero-order valence-corrected chi connectivity index (χ0v) is 11.8. The molecule has 1 aromatic rings. The Labute approximate surface area is 116 Å². The highest BCUT2D eigenvalue weighted by Crippen LogP contribution is 2.16. The van der Waals surface area contributed by atoms with Gasteiger partial charge in [0.25, 0.3) is 0 Å². The molecular weight excluding hydrogens is 248 g/mol. The first kappa shape index (κ1) is 15.1. The molecule has 0 saturated carbocycles. The van der Waals surface area contributed by atoms with Gasteiger partial charge in [-0.05, 0) is 56.1 Å². The highest BCUT2D eigenvalue weighted by atomic mass is 35.5.